The fourth-order valence-electron chi connectivity index (χ4n) is 1.23. The Bertz CT molecular complexity index is 650. The zero-order valence-electron chi connectivity index (χ0n) is 8.03. The van der Waals surface area contributed by atoms with Crippen molar-refractivity contribution in [1.29, 1.82) is 0 Å². The summed E-state index contributed by atoms with van der Waals surface area (Å²) < 4.78 is 0.786. The van der Waals surface area contributed by atoms with Crippen molar-refractivity contribution in [3.63, 3.8) is 0 Å². The van der Waals surface area contributed by atoms with Crippen LogP contribution in [-0.4, -0.2) is 21.0 Å². The fourth-order valence-corrected chi connectivity index (χ4v) is 2.71. The normalized spacial score (nSPS) is 10.5. The highest BCUT2D eigenvalue weighted by Gasteiger charge is 2.13. The number of carboxylic acid groups (broad SMARTS) is 1. The van der Waals surface area contributed by atoms with Gasteiger partial charge in [0.1, 0.15) is 10.0 Å². The molecule has 2 heterocycles. The van der Waals surface area contributed by atoms with Crippen molar-refractivity contribution in [2.24, 2.45) is 0 Å². The molecule has 0 unspecified atom stereocenters. The lowest BCUT2D eigenvalue weighted by Gasteiger charge is -1.99. The molecule has 0 saturated carbocycles. The molecule has 0 bridgehead atoms. The number of aromatic amines is 1. The number of rotatable bonds is 2. The van der Waals surface area contributed by atoms with Gasteiger partial charge in [-0.15, -0.1) is 11.3 Å². The van der Waals surface area contributed by atoms with Crippen molar-refractivity contribution >= 4 is 40.5 Å². The Morgan fingerprint density at radius 3 is 2.65 bits per heavy atom. The van der Waals surface area contributed by atoms with E-state index in [1.807, 2.05) is 0 Å². The lowest BCUT2D eigenvalue weighted by Crippen LogP contribution is -2.16. The van der Waals surface area contributed by atoms with Gasteiger partial charge in [0.25, 0.3) is 0 Å². The third-order valence-electron chi connectivity index (χ3n) is 1.91. The first kappa shape index (κ1) is 12.1. The van der Waals surface area contributed by atoms with Gasteiger partial charge < -0.3 is 5.11 Å². The molecule has 0 aliphatic rings. The molecule has 0 fully saturated rings. The van der Waals surface area contributed by atoms with E-state index in [1.165, 1.54) is 12.1 Å². The molecule has 8 heteroatoms. The largest absolute Gasteiger partial charge is 0.477 e. The zero-order valence-corrected chi connectivity index (χ0v) is 10.4. The van der Waals surface area contributed by atoms with Crippen LogP contribution in [0.15, 0.2) is 16.9 Å². The Labute approximate surface area is 109 Å². The predicted molar refractivity (Wildman–Crippen MR) is 65.1 cm³/mol. The van der Waals surface area contributed by atoms with E-state index in [1.54, 1.807) is 0 Å². The molecule has 88 valence electrons. The number of hydrogen-bond acceptors (Lipinski definition) is 4. The summed E-state index contributed by atoms with van der Waals surface area (Å²) in [5.41, 5.74) is -0.383. The first-order valence-corrected chi connectivity index (χ1v) is 5.84. The molecule has 0 saturated heterocycles. The van der Waals surface area contributed by atoms with Crippen LogP contribution in [0, 0.1) is 0 Å². The maximum atomic E-state index is 11.2. The van der Waals surface area contributed by atoms with Crippen LogP contribution < -0.4 is 5.69 Å². The number of thiophene rings is 1. The number of nitrogens with one attached hydrogen (secondary N) is 1. The van der Waals surface area contributed by atoms with Gasteiger partial charge in [-0.2, -0.15) is 4.98 Å². The van der Waals surface area contributed by atoms with Crippen LogP contribution in [0.25, 0.3) is 11.3 Å². The molecule has 0 radical (unpaired) electrons. The van der Waals surface area contributed by atoms with E-state index < -0.39 is 11.7 Å². The summed E-state index contributed by atoms with van der Waals surface area (Å²) in [6.45, 7) is 0. The maximum Gasteiger partial charge on any atom is 0.352 e. The third kappa shape index (κ3) is 2.49. The monoisotopic (exact) mass is 290 g/mol. The highest BCUT2D eigenvalue weighted by Crippen LogP contribution is 2.36. The van der Waals surface area contributed by atoms with Gasteiger partial charge in [0, 0.05) is 5.56 Å². The van der Waals surface area contributed by atoms with E-state index in [0.717, 1.165) is 11.3 Å². The van der Waals surface area contributed by atoms with Gasteiger partial charge >= 0.3 is 11.7 Å². The highest BCUT2D eigenvalue weighted by molar-refractivity contribution is 7.20. The summed E-state index contributed by atoms with van der Waals surface area (Å²) in [6.07, 6.45) is 0. The minimum atomic E-state index is -1.25. The van der Waals surface area contributed by atoms with Gasteiger partial charge in [-0.05, 0) is 12.1 Å². The Morgan fingerprint density at radius 2 is 2.12 bits per heavy atom. The van der Waals surface area contributed by atoms with Crippen LogP contribution in [0.2, 0.25) is 8.67 Å². The molecule has 2 aromatic heterocycles. The average Bonchev–Trinajstić information content (AvgIpc) is 2.57. The number of nitrogens with zero attached hydrogens (tertiary/aromatic N) is 1. The zero-order chi connectivity index (χ0) is 12.6. The number of halogens is 2. The van der Waals surface area contributed by atoms with Crippen molar-refractivity contribution < 1.29 is 9.90 Å². The molecule has 2 rings (SSSR count). The van der Waals surface area contributed by atoms with Gasteiger partial charge in [0.15, 0.2) is 0 Å². The standard InChI is InChI=1S/C9H4Cl2N2O3S/c10-6-1-3(7(11)17-6)4-2-5(8(14)15)13-9(16)12-4/h1-2H,(H,14,15)(H,12,13,16). The van der Waals surface area contributed by atoms with Crippen LogP contribution in [0.1, 0.15) is 10.5 Å². The number of H-pyrrole nitrogens is 1. The smallest absolute Gasteiger partial charge is 0.352 e. The van der Waals surface area contributed by atoms with Gasteiger partial charge in [0.05, 0.1) is 10.0 Å². The number of aromatic nitrogens is 2. The molecule has 2 N–H and O–H groups in total. The molecule has 0 spiro atoms. The summed E-state index contributed by atoms with van der Waals surface area (Å²) in [4.78, 5) is 27.7. The first-order valence-electron chi connectivity index (χ1n) is 4.27. The van der Waals surface area contributed by atoms with E-state index in [4.69, 9.17) is 28.3 Å². The van der Waals surface area contributed by atoms with Crippen LogP contribution in [0.5, 0.6) is 0 Å². The minimum Gasteiger partial charge on any atom is -0.477 e. The van der Waals surface area contributed by atoms with Gasteiger partial charge in [0.2, 0.25) is 0 Å². The Hall–Kier alpha value is -1.37. The molecule has 0 aromatic carbocycles. The Balaban J connectivity index is 2.63. The molecular formula is C9H4Cl2N2O3S. The third-order valence-corrected chi connectivity index (χ3v) is 3.40. The maximum absolute atomic E-state index is 11.2. The van der Waals surface area contributed by atoms with E-state index >= 15 is 0 Å². The van der Waals surface area contributed by atoms with Gasteiger partial charge in [-0.1, -0.05) is 23.2 Å². The lowest BCUT2D eigenvalue weighted by molar-refractivity contribution is 0.0690. The number of carboxylic acids is 1. The quantitative estimate of drug-likeness (QED) is 0.890. The van der Waals surface area contributed by atoms with Crippen LogP contribution in [0.4, 0.5) is 0 Å². The van der Waals surface area contributed by atoms with Crippen LogP contribution in [-0.2, 0) is 0 Å². The summed E-state index contributed by atoms with van der Waals surface area (Å²) in [5, 5.41) is 8.80. The lowest BCUT2D eigenvalue weighted by atomic mass is 10.2. The molecule has 5 nitrogen and oxygen atoms in total. The highest BCUT2D eigenvalue weighted by atomic mass is 35.5. The average molecular weight is 291 g/mol. The Morgan fingerprint density at radius 1 is 1.41 bits per heavy atom. The van der Waals surface area contributed by atoms with Crippen molar-refractivity contribution in [2.75, 3.05) is 0 Å². The molecule has 0 atom stereocenters. The van der Waals surface area contributed by atoms with E-state index in [2.05, 4.69) is 9.97 Å². The predicted octanol–water partition coefficient (Wildman–Crippen LogP) is 2.50. The molecular weight excluding hydrogens is 287 g/mol. The van der Waals surface area contributed by atoms with E-state index in [0.29, 0.717) is 14.2 Å². The Kier molecular flexibility index (Phi) is 3.19. The summed E-state index contributed by atoms with van der Waals surface area (Å²) in [7, 11) is 0. The summed E-state index contributed by atoms with van der Waals surface area (Å²) in [6, 6.07) is 2.76. The second-order valence-corrected chi connectivity index (χ2v) is 5.31. The van der Waals surface area contributed by atoms with Gasteiger partial charge in [-0.3, -0.25) is 4.98 Å². The number of carbonyl (C=O) groups is 1. The van der Waals surface area contributed by atoms with Gasteiger partial charge in [-0.25, -0.2) is 9.59 Å². The molecule has 2 aromatic rings. The van der Waals surface area contributed by atoms with E-state index in [-0.39, 0.29) is 11.4 Å². The molecule has 0 aliphatic carbocycles. The van der Waals surface area contributed by atoms with E-state index in [9.17, 15) is 9.59 Å². The number of aromatic carboxylic acids is 1. The van der Waals surface area contributed by atoms with Crippen LogP contribution >= 0.6 is 34.5 Å². The fraction of sp³-hybridized carbons (Fsp3) is 0. The van der Waals surface area contributed by atoms with Crippen molar-refractivity contribution in [3.05, 3.63) is 37.0 Å². The molecule has 17 heavy (non-hydrogen) atoms. The minimum absolute atomic E-state index is 0.180. The van der Waals surface area contributed by atoms with Crippen molar-refractivity contribution in [3.8, 4) is 11.3 Å². The molecule has 0 amide bonds. The van der Waals surface area contributed by atoms with Crippen molar-refractivity contribution in [1.82, 2.24) is 9.97 Å². The summed E-state index contributed by atoms with van der Waals surface area (Å²) in [5.74, 6) is -1.25. The first-order chi connectivity index (χ1) is 7.97. The topological polar surface area (TPSA) is 83.0 Å². The second kappa shape index (κ2) is 4.48. The second-order valence-electron chi connectivity index (χ2n) is 3.03. The SMILES string of the molecule is O=C(O)c1cc(-c2cc(Cl)sc2Cl)nc(=O)[nH]1. The summed E-state index contributed by atoms with van der Waals surface area (Å²) >= 11 is 12.8. The molecule has 0 aliphatic heterocycles. The van der Waals surface area contributed by atoms with Crippen LogP contribution in [0.3, 0.4) is 0 Å². The van der Waals surface area contributed by atoms with Crippen molar-refractivity contribution in [2.45, 2.75) is 0 Å². The number of hydrogen-bond donors (Lipinski definition) is 2.